The first-order valence-corrected chi connectivity index (χ1v) is 7.13. The summed E-state index contributed by atoms with van der Waals surface area (Å²) in [5.41, 5.74) is 8.80. The van der Waals surface area contributed by atoms with E-state index in [4.69, 9.17) is 15.0 Å². The number of azide groups is 1. The van der Waals surface area contributed by atoms with Crippen LogP contribution in [0.25, 0.3) is 10.4 Å². The molecule has 118 valence electrons. The van der Waals surface area contributed by atoms with Crippen LogP contribution in [-0.2, 0) is 4.74 Å². The molecule has 0 saturated heterocycles. The van der Waals surface area contributed by atoms with Crippen LogP contribution in [0, 0.1) is 5.92 Å². The molecule has 0 aromatic heterocycles. The Balaban J connectivity index is 2.21. The highest BCUT2D eigenvalue weighted by Crippen LogP contribution is 2.35. The van der Waals surface area contributed by atoms with Crippen molar-refractivity contribution in [1.82, 2.24) is 5.32 Å². The topological polar surface area (TPSA) is 96.3 Å². The molecule has 0 saturated carbocycles. The van der Waals surface area contributed by atoms with Gasteiger partial charge in [-0.1, -0.05) is 23.3 Å². The number of fused-ring (bicyclic) bond motifs is 1. The van der Waals surface area contributed by atoms with Gasteiger partial charge in [0.2, 0.25) is 0 Å². The molecule has 0 bridgehead atoms. The lowest BCUT2D eigenvalue weighted by molar-refractivity contribution is 0.0461. The molecule has 1 aromatic carbocycles. The normalized spacial score (nSPS) is 20.1. The lowest BCUT2D eigenvalue weighted by Crippen LogP contribution is -2.42. The second-order valence-corrected chi connectivity index (χ2v) is 6.15. The third-order valence-electron chi connectivity index (χ3n) is 3.23. The van der Waals surface area contributed by atoms with Gasteiger partial charge in [-0.3, -0.25) is 0 Å². The Bertz CT molecular complexity index is 591. The lowest BCUT2D eigenvalue weighted by Gasteiger charge is -2.33. The van der Waals surface area contributed by atoms with Crippen LogP contribution >= 0.6 is 0 Å². The van der Waals surface area contributed by atoms with E-state index in [0.29, 0.717) is 6.61 Å². The summed E-state index contributed by atoms with van der Waals surface area (Å²) in [5, 5.41) is 6.48. The molecule has 1 aromatic rings. The molecular weight excluding hydrogens is 284 g/mol. The van der Waals surface area contributed by atoms with Crippen LogP contribution in [0.15, 0.2) is 29.4 Å². The molecule has 2 atom stereocenters. The third-order valence-corrected chi connectivity index (χ3v) is 3.23. The number of amides is 1. The first-order valence-electron chi connectivity index (χ1n) is 7.13. The van der Waals surface area contributed by atoms with Crippen molar-refractivity contribution >= 4 is 6.09 Å². The largest absolute Gasteiger partial charge is 0.493 e. The molecule has 0 unspecified atom stereocenters. The Morgan fingerprint density at radius 2 is 2.23 bits per heavy atom. The van der Waals surface area contributed by atoms with Crippen LogP contribution in [0.4, 0.5) is 4.79 Å². The number of hydrogen-bond donors (Lipinski definition) is 1. The van der Waals surface area contributed by atoms with Crippen molar-refractivity contribution in [2.45, 2.75) is 32.4 Å². The quantitative estimate of drug-likeness (QED) is 0.525. The average molecular weight is 304 g/mol. The van der Waals surface area contributed by atoms with Crippen molar-refractivity contribution in [3.8, 4) is 5.75 Å². The average Bonchev–Trinajstić information content (AvgIpc) is 2.44. The fourth-order valence-electron chi connectivity index (χ4n) is 2.35. The summed E-state index contributed by atoms with van der Waals surface area (Å²) in [4.78, 5) is 14.9. The van der Waals surface area contributed by atoms with Gasteiger partial charge in [0.15, 0.2) is 0 Å². The Morgan fingerprint density at radius 1 is 1.50 bits per heavy atom. The van der Waals surface area contributed by atoms with E-state index in [-0.39, 0.29) is 18.5 Å². The number of para-hydroxylation sites is 1. The van der Waals surface area contributed by atoms with Crippen LogP contribution < -0.4 is 10.1 Å². The lowest BCUT2D eigenvalue weighted by atomic mass is 9.91. The molecule has 1 aliphatic rings. The zero-order valence-corrected chi connectivity index (χ0v) is 12.9. The number of nitrogens with zero attached hydrogens (tertiary/aromatic N) is 3. The second kappa shape index (κ2) is 6.58. The maximum Gasteiger partial charge on any atom is 0.408 e. The maximum absolute atomic E-state index is 12.1. The smallest absolute Gasteiger partial charge is 0.408 e. The Kier molecular flexibility index (Phi) is 4.78. The van der Waals surface area contributed by atoms with E-state index in [0.717, 1.165) is 11.3 Å². The van der Waals surface area contributed by atoms with Gasteiger partial charge in [0, 0.05) is 22.9 Å². The van der Waals surface area contributed by atoms with E-state index in [1.54, 1.807) is 0 Å². The number of rotatable bonds is 3. The Morgan fingerprint density at radius 3 is 2.91 bits per heavy atom. The predicted molar refractivity (Wildman–Crippen MR) is 81.6 cm³/mol. The standard InChI is InChI=1S/C15H20N4O3/c1-15(2,3)22-14(20)18-13-10(8-17-19-16)9-21-12-7-5-4-6-11(12)13/h4-7,10,13H,8-9H2,1-3H3,(H,18,20)/t10-,13-/m0/s1. The molecule has 7 nitrogen and oxygen atoms in total. The summed E-state index contributed by atoms with van der Waals surface area (Å²) in [5.74, 6) is 0.582. The second-order valence-electron chi connectivity index (χ2n) is 6.15. The molecule has 0 radical (unpaired) electrons. The Hall–Kier alpha value is -2.40. The highest BCUT2D eigenvalue weighted by Gasteiger charge is 2.32. The summed E-state index contributed by atoms with van der Waals surface area (Å²) in [6.07, 6.45) is -0.500. The number of benzene rings is 1. The summed E-state index contributed by atoms with van der Waals surface area (Å²) in [6.45, 7) is 6.04. The minimum atomic E-state index is -0.574. The fraction of sp³-hybridized carbons (Fsp3) is 0.533. The molecule has 1 aliphatic heterocycles. The minimum absolute atomic E-state index is 0.140. The van der Waals surface area contributed by atoms with E-state index in [9.17, 15) is 4.79 Å². The van der Waals surface area contributed by atoms with Crippen LogP contribution in [0.1, 0.15) is 32.4 Å². The highest BCUT2D eigenvalue weighted by molar-refractivity contribution is 5.68. The van der Waals surface area contributed by atoms with E-state index in [1.807, 2.05) is 45.0 Å². The van der Waals surface area contributed by atoms with E-state index < -0.39 is 11.7 Å². The van der Waals surface area contributed by atoms with Crippen molar-refractivity contribution in [2.75, 3.05) is 13.2 Å². The zero-order valence-electron chi connectivity index (χ0n) is 12.9. The zero-order chi connectivity index (χ0) is 16.2. The van der Waals surface area contributed by atoms with Crippen molar-refractivity contribution in [2.24, 2.45) is 11.0 Å². The summed E-state index contributed by atoms with van der Waals surface area (Å²) >= 11 is 0. The monoisotopic (exact) mass is 304 g/mol. The van der Waals surface area contributed by atoms with Gasteiger partial charge in [0.1, 0.15) is 11.4 Å². The first-order chi connectivity index (χ1) is 10.4. The van der Waals surface area contributed by atoms with Crippen LogP contribution in [0.3, 0.4) is 0 Å². The van der Waals surface area contributed by atoms with Gasteiger partial charge >= 0.3 is 6.09 Å². The van der Waals surface area contributed by atoms with Gasteiger partial charge < -0.3 is 14.8 Å². The molecular formula is C15H20N4O3. The van der Waals surface area contributed by atoms with Crippen molar-refractivity contribution in [1.29, 1.82) is 0 Å². The molecule has 0 spiro atoms. The van der Waals surface area contributed by atoms with Gasteiger partial charge in [-0.2, -0.15) is 0 Å². The van der Waals surface area contributed by atoms with Gasteiger partial charge in [0.25, 0.3) is 0 Å². The van der Waals surface area contributed by atoms with E-state index >= 15 is 0 Å². The molecule has 1 heterocycles. The van der Waals surface area contributed by atoms with Crippen LogP contribution in [-0.4, -0.2) is 24.8 Å². The minimum Gasteiger partial charge on any atom is -0.493 e. The van der Waals surface area contributed by atoms with Crippen LogP contribution in [0.2, 0.25) is 0 Å². The van der Waals surface area contributed by atoms with Gasteiger partial charge in [-0.05, 0) is 32.4 Å². The van der Waals surface area contributed by atoms with E-state index in [2.05, 4.69) is 15.3 Å². The van der Waals surface area contributed by atoms with E-state index in [1.165, 1.54) is 0 Å². The molecule has 0 fully saturated rings. The third kappa shape index (κ3) is 4.05. The highest BCUT2D eigenvalue weighted by atomic mass is 16.6. The number of carbonyl (C=O) groups is 1. The summed E-state index contributed by atoms with van der Waals surface area (Å²) < 4.78 is 11.0. The van der Waals surface area contributed by atoms with Crippen molar-refractivity contribution in [3.05, 3.63) is 40.3 Å². The number of hydrogen-bond acceptors (Lipinski definition) is 4. The number of nitrogens with one attached hydrogen (secondary N) is 1. The number of ether oxygens (including phenoxy) is 2. The first kappa shape index (κ1) is 16.0. The Labute approximate surface area is 129 Å². The molecule has 0 aliphatic carbocycles. The predicted octanol–water partition coefficient (Wildman–Crippen LogP) is 3.57. The molecule has 2 rings (SSSR count). The fourth-order valence-corrected chi connectivity index (χ4v) is 2.35. The number of alkyl carbamates (subject to hydrolysis) is 1. The SMILES string of the molecule is CC(C)(C)OC(=O)N[C@@H]1c2ccccc2OC[C@@H]1CN=[N+]=[N-]. The van der Waals surface area contributed by atoms with Crippen molar-refractivity contribution < 1.29 is 14.3 Å². The van der Waals surface area contributed by atoms with Gasteiger partial charge in [-0.15, -0.1) is 0 Å². The summed E-state index contributed by atoms with van der Waals surface area (Å²) in [7, 11) is 0. The maximum atomic E-state index is 12.1. The molecule has 1 N–H and O–H groups in total. The van der Waals surface area contributed by atoms with Crippen LogP contribution in [0.5, 0.6) is 5.75 Å². The number of carbonyl (C=O) groups excluding carboxylic acids is 1. The molecule has 22 heavy (non-hydrogen) atoms. The van der Waals surface area contributed by atoms with Crippen molar-refractivity contribution in [3.63, 3.8) is 0 Å². The van der Waals surface area contributed by atoms with Gasteiger partial charge in [0.05, 0.1) is 12.6 Å². The summed E-state index contributed by atoms with van der Waals surface area (Å²) in [6, 6.07) is 7.17. The molecule has 1 amide bonds. The van der Waals surface area contributed by atoms with Gasteiger partial charge in [-0.25, -0.2) is 4.79 Å². The molecule has 7 heteroatoms.